The van der Waals surface area contributed by atoms with Crippen LogP contribution in [0.5, 0.6) is 0 Å². The van der Waals surface area contributed by atoms with E-state index in [1.165, 1.54) is 12.4 Å². The lowest BCUT2D eigenvalue weighted by molar-refractivity contribution is -0.0790. The molecule has 0 fully saturated rings. The van der Waals surface area contributed by atoms with Gasteiger partial charge >= 0.3 is 0 Å². The fourth-order valence-electron chi connectivity index (χ4n) is 1.12. The summed E-state index contributed by atoms with van der Waals surface area (Å²) < 4.78 is 0. The highest BCUT2D eigenvalue weighted by atomic mass is 16.4. The van der Waals surface area contributed by atoms with Gasteiger partial charge in [-0.3, -0.25) is 9.97 Å². The average Bonchev–Trinajstić information content (AvgIpc) is 2.26. The Morgan fingerprint density at radius 1 is 1.27 bits per heavy atom. The lowest BCUT2D eigenvalue weighted by Crippen LogP contribution is -2.35. The van der Waals surface area contributed by atoms with Crippen molar-refractivity contribution in [3.05, 3.63) is 23.8 Å². The van der Waals surface area contributed by atoms with Gasteiger partial charge in [0.15, 0.2) is 0 Å². The summed E-state index contributed by atoms with van der Waals surface area (Å²) in [6, 6.07) is 0. The molecule has 1 heterocycles. The number of hydrogen-bond acceptors (Lipinski definition) is 6. The van der Waals surface area contributed by atoms with Gasteiger partial charge in [-0.15, -0.1) is 0 Å². The second kappa shape index (κ2) is 5.13. The summed E-state index contributed by atoms with van der Waals surface area (Å²) in [5.74, 6) is 0. The minimum absolute atomic E-state index is 0.162. The van der Waals surface area contributed by atoms with Crippen LogP contribution in [0.2, 0.25) is 0 Å². The van der Waals surface area contributed by atoms with E-state index in [2.05, 4.69) is 9.97 Å². The second-order valence-electron chi connectivity index (χ2n) is 3.27. The van der Waals surface area contributed by atoms with E-state index < -0.39 is 24.9 Å². The molecule has 15 heavy (non-hydrogen) atoms. The summed E-state index contributed by atoms with van der Waals surface area (Å²) in [6.45, 7) is 1.07. The van der Waals surface area contributed by atoms with Gasteiger partial charge in [0.1, 0.15) is 18.3 Å². The topological polar surface area (TPSA) is 107 Å². The van der Waals surface area contributed by atoms with Crippen LogP contribution in [0.15, 0.2) is 12.4 Å². The molecule has 1 aromatic rings. The highest BCUT2D eigenvalue weighted by Gasteiger charge is 2.26. The fraction of sp³-hybridized carbons (Fsp3) is 0.556. The highest BCUT2D eigenvalue weighted by Crippen LogP contribution is 2.16. The van der Waals surface area contributed by atoms with Crippen molar-refractivity contribution in [1.29, 1.82) is 0 Å². The monoisotopic (exact) mass is 214 g/mol. The lowest BCUT2D eigenvalue weighted by atomic mass is 10.1. The van der Waals surface area contributed by atoms with Crippen LogP contribution in [0.4, 0.5) is 0 Å². The molecule has 4 N–H and O–H groups in total. The molecule has 0 bridgehead atoms. The summed E-state index contributed by atoms with van der Waals surface area (Å²) in [5, 5.41) is 36.7. The number of aryl methyl sites for hydroxylation is 1. The highest BCUT2D eigenvalue weighted by molar-refractivity contribution is 5.06. The van der Waals surface area contributed by atoms with E-state index in [0.717, 1.165) is 0 Å². The molecule has 0 aliphatic carbocycles. The number of aliphatic hydroxyl groups excluding tert-OH is 4. The normalized spacial score (nSPS) is 17.1. The average molecular weight is 214 g/mol. The van der Waals surface area contributed by atoms with Crippen LogP contribution in [0.1, 0.15) is 17.5 Å². The molecule has 0 aromatic carbocycles. The third kappa shape index (κ3) is 2.93. The number of aliphatic hydroxyl groups is 4. The van der Waals surface area contributed by atoms with E-state index in [1.807, 2.05) is 0 Å². The zero-order valence-corrected chi connectivity index (χ0v) is 8.28. The first-order valence-corrected chi connectivity index (χ1v) is 4.50. The van der Waals surface area contributed by atoms with Crippen LogP contribution in [0.25, 0.3) is 0 Å². The molecule has 0 unspecified atom stereocenters. The van der Waals surface area contributed by atoms with Gasteiger partial charge in [-0.25, -0.2) is 0 Å². The third-order valence-electron chi connectivity index (χ3n) is 1.98. The third-order valence-corrected chi connectivity index (χ3v) is 1.98. The molecule has 1 aromatic heterocycles. The summed E-state index contributed by atoms with van der Waals surface area (Å²) in [6.07, 6.45) is -1.44. The number of nitrogens with zero attached hydrogens (tertiary/aromatic N) is 2. The number of rotatable bonds is 4. The Bertz CT molecular complexity index is 321. The fourth-order valence-corrected chi connectivity index (χ4v) is 1.12. The van der Waals surface area contributed by atoms with Gasteiger partial charge in [-0.1, -0.05) is 0 Å². The van der Waals surface area contributed by atoms with Gasteiger partial charge in [-0.05, 0) is 6.92 Å². The molecule has 0 radical (unpaired) electrons. The summed E-state index contributed by atoms with van der Waals surface area (Å²) in [5.41, 5.74) is 0.757. The zero-order chi connectivity index (χ0) is 11.4. The number of hydrogen-bond donors (Lipinski definition) is 4. The maximum Gasteiger partial charge on any atom is 0.126 e. The van der Waals surface area contributed by atoms with Crippen molar-refractivity contribution in [2.75, 3.05) is 6.61 Å². The molecule has 6 heteroatoms. The molecule has 0 aliphatic heterocycles. The van der Waals surface area contributed by atoms with Gasteiger partial charge in [-0.2, -0.15) is 0 Å². The van der Waals surface area contributed by atoms with Crippen LogP contribution >= 0.6 is 0 Å². The minimum Gasteiger partial charge on any atom is -0.394 e. The zero-order valence-electron chi connectivity index (χ0n) is 8.28. The van der Waals surface area contributed by atoms with Crippen molar-refractivity contribution < 1.29 is 20.4 Å². The summed E-state index contributed by atoms with van der Waals surface area (Å²) in [7, 11) is 0. The maximum absolute atomic E-state index is 9.59. The molecule has 6 nitrogen and oxygen atoms in total. The van der Waals surface area contributed by atoms with Crippen LogP contribution in [-0.2, 0) is 0 Å². The molecule has 0 aliphatic rings. The van der Waals surface area contributed by atoms with E-state index >= 15 is 0 Å². The first-order chi connectivity index (χ1) is 7.06. The van der Waals surface area contributed by atoms with Crippen molar-refractivity contribution in [2.45, 2.75) is 25.2 Å². The molecule has 0 saturated heterocycles. The first kappa shape index (κ1) is 12.0. The quantitative estimate of drug-likeness (QED) is 0.487. The van der Waals surface area contributed by atoms with Crippen molar-refractivity contribution in [2.24, 2.45) is 0 Å². The minimum atomic E-state index is -1.48. The predicted molar refractivity (Wildman–Crippen MR) is 50.8 cm³/mol. The molecular formula is C9H14N2O4. The van der Waals surface area contributed by atoms with E-state index in [1.54, 1.807) is 6.92 Å². The molecule has 1 rings (SSSR count). The predicted octanol–water partition coefficient (Wildman–Crippen LogP) is -1.47. The number of aromatic nitrogens is 2. The maximum atomic E-state index is 9.59. The first-order valence-electron chi connectivity index (χ1n) is 4.50. The Balaban J connectivity index is 2.80. The Hall–Kier alpha value is -1.08. The van der Waals surface area contributed by atoms with E-state index in [9.17, 15) is 10.2 Å². The van der Waals surface area contributed by atoms with Gasteiger partial charge in [0.2, 0.25) is 0 Å². The Labute approximate surface area is 86.9 Å². The van der Waals surface area contributed by atoms with Crippen LogP contribution in [0, 0.1) is 6.92 Å². The van der Waals surface area contributed by atoms with E-state index in [4.69, 9.17) is 10.2 Å². The molecular weight excluding hydrogens is 200 g/mol. The summed E-state index contributed by atoms with van der Waals surface area (Å²) in [4.78, 5) is 7.74. The molecule has 84 valence electrons. The van der Waals surface area contributed by atoms with Gasteiger partial charge in [0.25, 0.3) is 0 Å². The van der Waals surface area contributed by atoms with Gasteiger partial charge in [0.05, 0.1) is 24.2 Å². The Kier molecular flexibility index (Phi) is 4.10. The molecule has 0 saturated carbocycles. The van der Waals surface area contributed by atoms with Crippen LogP contribution in [-0.4, -0.2) is 49.2 Å². The molecule has 3 atom stereocenters. The largest absolute Gasteiger partial charge is 0.394 e. The van der Waals surface area contributed by atoms with Crippen molar-refractivity contribution >= 4 is 0 Å². The van der Waals surface area contributed by atoms with Gasteiger partial charge < -0.3 is 20.4 Å². The molecule has 0 amide bonds. The standard InChI is InChI=1S/C9H14N2O4/c1-5-2-10-3-6(11-5)8(14)9(15)7(13)4-12/h2-3,7-9,12-15H,4H2,1H3/t7-,8-,9-/m1/s1. The lowest BCUT2D eigenvalue weighted by Gasteiger charge is -2.20. The Morgan fingerprint density at radius 3 is 2.47 bits per heavy atom. The van der Waals surface area contributed by atoms with E-state index in [0.29, 0.717) is 5.69 Å². The van der Waals surface area contributed by atoms with Crippen molar-refractivity contribution in [3.8, 4) is 0 Å². The summed E-state index contributed by atoms with van der Waals surface area (Å²) >= 11 is 0. The second-order valence-corrected chi connectivity index (χ2v) is 3.27. The van der Waals surface area contributed by atoms with Crippen LogP contribution in [0.3, 0.4) is 0 Å². The molecule has 0 spiro atoms. The van der Waals surface area contributed by atoms with Crippen molar-refractivity contribution in [3.63, 3.8) is 0 Å². The Morgan fingerprint density at radius 2 is 1.93 bits per heavy atom. The smallest absolute Gasteiger partial charge is 0.126 e. The van der Waals surface area contributed by atoms with Gasteiger partial charge in [0, 0.05) is 6.20 Å². The SMILES string of the molecule is Cc1cncc([C@@H](O)[C@H](O)[C@H](O)CO)n1. The van der Waals surface area contributed by atoms with E-state index in [-0.39, 0.29) is 5.69 Å². The van der Waals surface area contributed by atoms with Crippen molar-refractivity contribution in [1.82, 2.24) is 9.97 Å². The van der Waals surface area contributed by atoms with Crippen LogP contribution < -0.4 is 0 Å².